The first-order valence-electron chi connectivity index (χ1n) is 8.68. The smallest absolute Gasteiger partial charge is 0.225 e. The standard InChI is InChI=1S/C20H21FN4O2/c1-27-18-4-2-16(14-17(18)21)3-5-20(26)23-19-9-13-25(24-19)12-8-15-6-10-22-11-7-15/h2,4,6-7,9-11,13-14H,3,5,8,12H2,1H3,(H,23,24,26). The van der Waals surface area contributed by atoms with Crippen molar-refractivity contribution in [3.8, 4) is 5.75 Å². The lowest BCUT2D eigenvalue weighted by molar-refractivity contribution is -0.116. The van der Waals surface area contributed by atoms with Gasteiger partial charge in [0.2, 0.25) is 5.91 Å². The first kappa shape index (κ1) is 18.6. The number of aromatic nitrogens is 3. The molecule has 1 aromatic carbocycles. The van der Waals surface area contributed by atoms with Gasteiger partial charge in [-0.25, -0.2) is 4.39 Å². The Hall–Kier alpha value is -3.22. The van der Waals surface area contributed by atoms with Crippen molar-refractivity contribution in [3.63, 3.8) is 0 Å². The molecule has 0 bridgehead atoms. The van der Waals surface area contributed by atoms with Crippen LogP contribution in [0.1, 0.15) is 17.5 Å². The van der Waals surface area contributed by atoms with E-state index in [-0.39, 0.29) is 18.1 Å². The Morgan fingerprint density at radius 2 is 1.96 bits per heavy atom. The molecule has 140 valence electrons. The second-order valence-corrected chi connectivity index (χ2v) is 6.09. The Morgan fingerprint density at radius 3 is 2.70 bits per heavy atom. The van der Waals surface area contributed by atoms with Crippen LogP contribution in [0.5, 0.6) is 5.75 Å². The molecule has 0 aliphatic carbocycles. The van der Waals surface area contributed by atoms with Crippen LogP contribution < -0.4 is 10.1 Å². The van der Waals surface area contributed by atoms with Crippen molar-refractivity contribution in [1.82, 2.24) is 14.8 Å². The fourth-order valence-electron chi connectivity index (χ4n) is 2.67. The van der Waals surface area contributed by atoms with Crippen LogP contribution in [0.25, 0.3) is 0 Å². The molecule has 7 heteroatoms. The molecule has 3 rings (SSSR count). The summed E-state index contributed by atoms with van der Waals surface area (Å²) in [5, 5.41) is 7.12. The number of anilines is 1. The van der Waals surface area contributed by atoms with E-state index in [1.807, 2.05) is 18.3 Å². The van der Waals surface area contributed by atoms with Gasteiger partial charge < -0.3 is 10.1 Å². The van der Waals surface area contributed by atoms with Crippen LogP contribution in [0, 0.1) is 5.82 Å². The second-order valence-electron chi connectivity index (χ2n) is 6.09. The number of hydrogen-bond donors (Lipinski definition) is 1. The summed E-state index contributed by atoms with van der Waals surface area (Å²) in [7, 11) is 1.42. The van der Waals surface area contributed by atoms with Gasteiger partial charge in [0.15, 0.2) is 17.4 Å². The summed E-state index contributed by atoms with van der Waals surface area (Å²) in [6.07, 6.45) is 6.87. The van der Waals surface area contributed by atoms with Crippen LogP contribution in [-0.4, -0.2) is 27.8 Å². The molecule has 0 aliphatic heterocycles. The Kier molecular flexibility index (Phi) is 6.14. The van der Waals surface area contributed by atoms with Gasteiger partial charge in [-0.3, -0.25) is 14.5 Å². The molecule has 2 heterocycles. The van der Waals surface area contributed by atoms with E-state index in [1.54, 1.807) is 35.3 Å². The van der Waals surface area contributed by atoms with Crippen LogP contribution in [0.15, 0.2) is 55.0 Å². The molecule has 0 unspecified atom stereocenters. The van der Waals surface area contributed by atoms with Gasteiger partial charge in [-0.1, -0.05) is 6.07 Å². The summed E-state index contributed by atoms with van der Waals surface area (Å²) in [6.45, 7) is 0.713. The predicted octanol–water partition coefficient (Wildman–Crippen LogP) is 3.24. The number of methoxy groups -OCH3 is 1. The van der Waals surface area contributed by atoms with E-state index >= 15 is 0 Å². The molecule has 0 fully saturated rings. The van der Waals surface area contributed by atoms with E-state index in [2.05, 4.69) is 15.4 Å². The summed E-state index contributed by atoms with van der Waals surface area (Å²) in [4.78, 5) is 16.1. The monoisotopic (exact) mass is 368 g/mol. The molecular weight excluding hydrogens is 347 g/mol. The van der Waals surface area contributed by atoms with E-state index < -0.39 is 5.82 Å². The van der Waals surface area contributed by atoms with Gasteiger partial charge in [-0.15, -0.1) is 0 Å². The highest BCUT2D eigenvalue weighted by Crippen LogP contribution is 2.18. The summed E-state index contributed by atoms with van der Waals surface area (Å²) in [5.74, 6) is 0.116. The molecule has 0 saturated carbocycles. The number of amides is 1. The first-order valence-corrected chi connectivity index (χ1v) is 8.68. The molecule has 0 saturated heterocycles. The fraction of sp³-hybridized carbons (Fsp3) is 0.250. The molecule has 27 heavy (non-hydrogen) atoms. The van der Waals surface area contributed by atoms with Crippen molar-refractivity contribution in [1.29, 1.82) is 0 Å². The molecule has 6 nitrogen and oxygen atoms in total. The minimum atomic E-state index is -0.427. The third-order valence-corrected chi connectivity index (χ3v) is 4.14. The second kappa shape index (κ2) is 8.93. The van der Waals surface area contributed by atoms with Gasteiger partial charge in [-0.2, -0.15) is 5.10 Å². The number of aryl methyl sites for hydroxylation is 3. The van der Waals surface area contributed by atoms with Crippen molar-refractivity contribution in [3.05, 3.63) is 71.9 Å². The maximum atomic E-state index is 13.7. The average Bonchev–Trinajstić information content (AvgIpc) is 3.13. The van der Waals surface area contributed by atoms with E-state index in [9.17, 15) is 9.18 Å². The van der Waals surface area contributed by atoms with Crippen LogP contribution in [0.4, 0.5) is 10.2 Å². The molecule has 1 amide bonds. The summed E-state index contributed by atoms with van der Waals surface area (Å²) < 4.78 is 20.4. The molecule has 0 aliphatic rings. The van der Waals surface area contributed by atoms with E-state index in [4.69, 9.17) is 4.74 Å². The fourth-order valence-corrected chi connectivity index (χ4v) is 2.67. The van der Waals surface area contributed by atoms with Gasteiger partial charge >= 0.3 is 0 Å². The first-order chi connectivity index (χ1) is 13.1. The molecule has 1 N–H and O–H groups in total. The number of halogens is 1. The molecule has 0 atom stereocenters. The largest absolute Gasteiger partial charge is 0.494 e. The predicted molar refractivity (Wildman–Crippen MR) is 100 cm³/mol. The molecule has 0 radical (unpaired) electrons. The molecular formula is C20H21FN4O2. The average molecular weight is 368 g/mol. The van der Waals surface area contributed by atoms with Gasteiger partial charge in [-0.05, 0) is 48.2 Å². The highest BCUT2D eigenvalue weighted by atomic mass is 19.1. The van der Waals surface area contributed by atoms with E-state index in [0.29, 0.717) is 18.8 Å². The number of carbonyl (C=O) groups excluding carboxylic acids is 1. The topological polar surface area (TPSA) is 69.0 Å². The van der Waals surface area contributed by atoms with Gasteiger partial charge in [0.25, 0.3) is 0 Å². The minimum Gasteiger partial charge on any atom is -0.494 e. The Morgan fingerprint density at radius 1 is 1.15 bits per heavy atom. The van der Waals surface area contributed by atoms with Crippen molar-refractivity contribution in [2.24, 2.45) is 0 Å². The lowest BCUT2D eigenvalue weighted by Crippen LogP contribution is -2.13. The quantitative estimate of drug-likeness (QED) is 0.663. The summed E-state index contributed by atoms with van der Waals surface area (Å²) >= 11 is 0. The molecule has 0 spiro atoms. The number of pyridine rings is 1. The Labute approximate surface area is 157 Å². The van der Waals surface area contributed by atoms with E-state index in [1.165, 1.54) is 18.7 Å². The maximum absolute atomic E-state index is 13.7. The van der Waals surface area contributed by atoms with Gasteiger partial charge in [0, 0.05) is 37.6 Å². The Bertz CT molecular complexity index is 896. The maximum Gasteiger partial charge on any atom is 0.225 e. The van der Waals surface area contributed by atoms with Gasteiger partial charge in [0.1, 0.15) is 0 Å². The van der Waals surface area contributed by atoms with Crippen LogP contribution >= 0.6 is 0 Å². The lowest BCUT2D eigenvalue weighted by Gasteiger charge is -2.06. The van der Waals surface area contributed by atoms with Crippen molar-refractivity contribution >= 4 is 11.7 Å². The summed E-state index contributed by atoms with van der Waals surface area (Å²) in [5.41, 5.74) is 1.92. The number of ether oxygens (including phenoxy) is 1. The van der Waals surface area contributed by atoms with Crippen molar-refractivity contribution in [2.45, 2.75) is 25.8 Å². The summed E-state index contributed by atoms with van der Waals surface area (Å²) in [6, 6.07) is 10.4. The van der Waals surface area contributed by atoms with Crippen LogP contribution in [0.2, 0.25) is 0 Å². The molecule has 3 aromatic rings. The van der Waals surface area contributed by atoms with Gasteiger partial charge in [0.05, 0.1) is 7.11 Å². The van der Waals surface area contributed by atoms with Crippen molar-refractivity contribution in [2.75, 3.05) is 12.4 Å². The number of nitrogens with one attached hydrogen (secondary N) is 1. The number of rotatable bonds is 8. The minimum absolute atomic E-state index is 0.161. The third kappa shape index (κ3) is 5.37. The number of nitrogens with zero attached hydrogens (tertiary/aromatic N) is 3. The SMILES string of the molecule is COc1ccc(CCC(=O)Nc2ccn(CCc3ccncc3)n2)cc1F. The lowest BCUT2D eigenvalue weighted by atomic mass is 10.1. The number of benzene rings is 1. The highest BCUT2D eigenvalue weighted by Gasteiger charge is 2.08. The zero-order chi connectivity index (χ0) is 19.1. The normalized spacial score (nSPS) is 10.6. The van der Waals surface area contributed by atoms with Crippen molar-refractivity contribution < 1.29 is 13.9 Å². The highest BCUT2D eigenvalue weighted by molar-refractivity contribution is 5.89. The van der Waals surface area contributed by atoms with Crippen LogP contribution in [0.3, 0.4) is 0 Å². The number of carbonyl (C=O) groups is 1. The Balaban J connectivity index is 1.47. The number of hydrogen-bond acceptors (Lipinski definition) is 4. The zero-order valence-electron chi connectivity index (χ0n) is 15.1. The third-order valence-electron chi connectivity index (χ3n) is 4.14. The molecule has 2 aromatic heterocycles. The van der Waals surface area contributed by atoms with E-state index in [0.717, 1.165) is 12.0 Å². The zero-order valence-corrected chi connectivity index (χ0v) is 15.1. The van der Waals surface area contributed by atoms with Crippen LogP contribution in [-0.2, 0) is 24.2 Å².